The summed E-state index contributed by atoms with van der Waals surface area (Å²) in [6.45, 7) is 1.02. The molecule has 0 bridgehead atoms. The van der Waals surface area contributed by atoms with Crippen LogP contribution in [0.5, 0.6) is 0 Å². The Bertz CT molecular complexity index is 422. The molecule has 6 heteroatoms. The van der Waals surface area contributed by atoms with Gasteiger partial charge in [-0.25, -0.2) is 4.79 Å². The Morgan fingerprint density at radius 2 is 2.12 bits per heavy atom. The first-order chi connectivity index (χ1) is 8.00. The van der Waals surface area contributed by atoms with Crippen molar-refractivity contribution in [2.75, 3.05) is 11.9 Å². The summed E-state index contributed by atoms with van der Waals surface area (Å²) < 4.78 is 4.82. The minimum absolute atomic E-state index is 0.335. The Hall–Kier alpha value is -1.59. The standard InChI is InChI=1S/C11H12ClNO4/c1-7(11(15)16)17-6-10(14)13-9-5-3-2-4-8(9)12/h2-5,7H,6H2,1H3,(H,13,14)(H,15,16). The monoisotopic (exact) mass is 257 g/mol. The van der Waals surface area contributed by atoms with Crippen molar-refractivity contribution in [3.05, 3.63) is 29.3 Å². The van der Waals surface area contributed by atoms with E-state index in [-0.39, 0.29) is 6.61 Å². The lowest BCUT2D eigenvalue weighted by Gasteiger charge is -2.09. The van der Waals surface area contributed by atoms with Crippen LogP contribution in [0.2, 0.25) is 5.02 Å². The molecule has 1 aromatic carbocycles. The predicted molar refractivity (Wildman–Crippen MR) is 63.1 cm³/mol. The summed E-state index contributed by atoms with van der Waals surface area (Å²) in [5.74, 6) is -1.57. The first kappa shape index (κ1) is 13.5. The van der Waals surface area contributed by atoms with Crippen molar-refractivity contribution in [1.29, 1.82) is 0 Å². The number of aliphatic carboxylic acids is 1. The number of benzene rings is 1. The summed E-state index contributed by atoms with van der Waals surface area (Å²) in [5.41, 5.74) is 0.464. The number of hydrogen-bond donors (Lipinski definition) is 2. The van der Waals surface area contributed by atoms with Crippen molar-refractivity contribution >= 4 is 29.2 Å². The summed E-state index contributed by atoms with van der Waals surface area (Å²) in [5, 5.41) is 11.5. The maximum absolute atomic E-state index is 11.4. The number of rotatable bonds is 5. The average molecular weight is 258 g/mol. The minimum atomic E-state index is -1.12. The van der Waals surface area contributed by atoms with Crippen LogP contribution in [0.1, 0.15) is 6.92 Å². The van der Waals surface area contributed by atoms with Gasteiger partial charge in [0.25, 0.3) is 0 Å². The number of hydrogen-bond acceptors (Lipinski definition) is 3. The van der Waals surface area contributed by atoms with Crippen LogP contribution in [-0.4, -0.2) is 29.7 Å². The smallest absolute Gasteiger partial charge is 0.332 e. The Morgan fingerprint density at radius 3 is 2.71 bits per heavy atom. The van der Waals surface area contributed by atoms with E-state index in [2.05, 4.69) is 5.32 Å². The zero-order valence-corrected chi connectivity index (χ0v) is 9.90. The van der Waals surface area contributed by atoms with Gasteiger partial charge in [-0.3, -0.25) is 4.79 Å². The number of carbonyl (C=O) groups is 2. The molecular formula is C11H12ClNO4. The summed E-state index contributed by atoms with van der Waals surface area (Å²) in [7, 11) is 0. The molecule has 1 amide bonds. The number of ether oxygens (including phenoxy) is 1. The molecule has 5 nitrogen and oxygen atoms in total. The molecule has 1 unspecified atom stereocenters. The normalized spacial score (nSPS) is 11.9. The summed E-state index contributed by atoms with van der Waals surface area (Å²) >= 11 is 5.83. The van der Waals surface area contributed by atoms with Gasteiger partial charge >= 0.3 is 5.97 Å². The fourth-order valence-corrected chi connectivity index (χ4v) is 1.20. The summed E-state index contributed by atoms with van der Waals surface area (Å²) in [4.78, 5) is 21.9. The first-order valence-corrected chi connectivity index (χ1v) is 5.27. The third-order valence-corrected chi connectivity index (χ3v) is 2.29. The molecule has 1 atom stereocenters. The molecule has 0 heterocycles. The second kappa shape index (κ2) is 6.22. The molecule has 0 spiro atoms. The molecule has 0 aliphatic heterocycles. The number of amides is 1. The number of carboxylic acids is 1. The second-order valence-corrected chi connectivity index (χ2v) is 3.73. The van der Waals surface area contributed by atoms with E-state index in [0.29, 0.717) is 10.7 Å². The van der Waals surface area contributed by atoms with Gasteiger partial charge in [-0.1, -0.05) is 23.7 Å². The summed E-state index contributed by atoms with van der Waals surface area (Å²) in [6.07, 6.45) is -1.02. The molecule has 0 aliphatic rings. The highest BCUT2D eigenvalue weighted by molar-refractivity contribution is 6.33. The third-order valence-electron chi connectivity index (χ3n) is 1.96. The topological polar surface area (TPSA) is 75.6 Å². The maximum atomic E-state index is 11.4. The predicted octanol–water partition coefficient (Wildman–Crippen LogP) is 1.77. The number of para-hydroxylation sites is 1. The largest absolute Gasteiger partial charge is 0.479 e. The number of anilines is 1. The van der Waals surface area contributed by atoms with Crippen LogP contribution < -0.4 is 5.32 Å². The molecule has 1 rings (SSSR count). The van der Waals surface area contributed by atoms with Crippen molar-refractivity contribution in [2.24, 2.45) is 0 Å². The molecule has 92 valence electrons. The van der Waals surface area contributed by atoms with Crippen molar-refractivity contribution in [2.45, 2.75) is 13.0 Å². The highest BCUT2D eigenvalue weighted by Gasteiger charge is 2.13. The number of nitrogens with one attached hydrogen (secondary N) is 1. The molecular weight excluding hydrogens is 246 g/mol. The molecule has 0 fully saturated rings. The van der Waals surface area contributed by atoms with E-state index in [1.54, 1.807) is 24.3 Å². The average Bonchev–Trinajstić information content (AvgIpc) is 2.29. The fourth-order valence-electron chi connectivity index (χ4n) is 1.02. The molecule has 2 N–H and O–H groups in total. The van der Waals surface area contributed by atoms with Gasteiger partial charge in [0.2, 0.25) is 5.91 Å². The highest BCUT2D eigenvalue weighted by Crippen LogP contribution is 2.20. The van der Waals surface area contributed by atoms with Crippen LogP contribution in [0, 0.1) is 0 Å². The highest BCUT2D eigenvalue weighted by atomic mass is 35.5. The van der Waals surface area contributed by atoms with Crippen molar-refractivity contribution in [1.82, 2.24) is 0 Å². The molecule has 0 saturated carbocycles. The third kappa shape index (κ3) is 4.42. The van der Waals surface area contributed by atoms with Gasteiger partial charge in [0.1, 0.15) is 6.61 Å². The lowest BCUT2D eigenvalue weighted by molar-refractivity contribution is -0.150. The first-order valence-electron chi connectivity index (χ1n) is 4.89. The van der Waals surface area contributed by atoms with Gasteiger partial charge in [0.05, 0.1) is 10.7 Å². The van der Waals surface area contributed by atoms with Crippen molar-refractivity contribution in [3.8, 4) is 0 Å². The Morgan fingerprint density at radius 1 is 1.47 bits per heavy atom. The lowest BCUT2D eigenvalue weighted by atomic mass is 10.3. The van der Waals surface area contributed by atoms with Gasteiger partial charge in [-0.15, -0.1) is 0 Å². The van der Waals surface area contributed by atoms with Gasteiger partial charge in [0, 0.05) is 0 Å². The van der Waals surface area contributed by atoms with Gasteiger partial charge in [-0.2, -0.15) is 0 Å². The zero-order chi connectivity index (χ0) is 12.8. The SMILES string of the molecule is CC(OCC(=O)Nc1ccccc1Cl)C(=O)O. The fraction of sp³-hybridized carbons (Fsp3) is 0.273. The van der Waals surface area contributed by atoms with Crippen LogP contribution in [0.3, 0.4) is 0 Å². The van der Waals surface area contributed by atoms with Crippen LogP contribution in [-0.2, 0) is 14.3 Å². The van der Waals surface area contributed by atoms with Crippen LogP contribution in [0.25, 0.3) is 0 Å². The van der Waals surface area contributed by atoms with Gasteiger partial charge < -0.3 is 15.2 Å². The Labute approximate surface area is 103 Å². The molecule has 0 aromatic heterocycles. The molecule has 0 aliphatic carbocycles. The van der Waals surface area contributed by atoms with E-state index in [1.807, 2.05) is 0 Å². The van der Waals surface area contributed by atoms with E-state index in [4.69, 9.17) is 21.4 Å². The number of carboxylic acid groups (broad SMARTS) is 1. The Kier molecular flexibility index (Phi) is 4.93. The molecule has 1 aromatic rings. The number of halogens is 1. The number of carbonyl (C=O) groups excluding carboxylic acids is 1. The minimum Gasteiger partial charge on any atom is -0.479 e. The van der Waals surface area contributed by atoms with Crippen LogP contribution in [0.4, 0.5) is 5.69 Å². The lowest BCUT2D eigenvalue weighted by Crippen LogP contribution is -2.26. The molecule has 0 radical (unpaired) electrons. The molecule has 0 saturated heterocycles. The maximum Gasteiger partial charge on any atom is 0.332 e. The van der Waals surface area contributed by atoms with Crippen molar-refractivity contribution < 1.29 is 19.4 Å². The molecule has 17 heavy (non-hydrogen) atoms. The quantitative estimate of drug-likeness (QED) is 0.843. The Balaban J connectivity index is 2.46. The second-order valence-electron chi connectivity index (χ2n) is 3.32. The van der Waals surface area contributed by atoms with Crippen LogP contribution >= 0.6 is 11.6 Å². The van der Waals surface area contributed by atoms with Crippen LogP contribution in [0.15, 0.2) is 24.3 Å². The van der Waals surface area contributed by atoms with E-state index >= 15 is 0 Å². The zero-order valence-electron chi connectivity index (χ0n) is 9.14. The van der Waals surface area contributed by atoms with Gasteiger partial charge in [0.15, 0.2) is 6.10 Å². The van der Waals surface area contributed by atoms with E-state index < -0.39 is 18.0 Å². The van der Waals surface area contributed by atoms with Gasteiger partial charge in [-0.05, 0) is 19.1 Å². The van der Waals surface area contributed by atoms with Crippen molar-refractivity contribution in [3.63, 3.8) is 0 Å². The van der Waals surface area contributed by atoms with E-state index in [9.17, 15) is 9.59 Å². The van der Waals surface area contributed by atoms with E-state index in [1.165, 1.54) is 6.92 Å². The van der Waals surface area contributed by atoms with E-state index in [0.717, 1.165) is 0 Å². The summed E-state index contributed by atoms with van der Waals surface area (Å²) in [6, 6.07) is 6.74.